The minimum absolute atomic E-state index is 0.153. The molecule has 3 atom stereocenters. The molecule has 6 nitrogen and oxygen atoms in total. The number of hydrogen-bond donors (Lipinski definition) is 3. The highest BCUT2D eigenvalue weighted by atomic mass is 32.1. The smallest absolute Gasteiger partial charge is 0.236 e. The summed E-state index contributed by atoms with van der Waals surface area (Å²) in [6.07, 6.45) is 0. The second-order valence-corrected chi connectivity index (χ2v) is 6.93. The van der Waals surface area contributed by atoms with Crippen LogP contribution < -0.4 is 25.4 Å². The molecular formula is C19H19N3O3S. The fourth-order valence-electron chi connectivity index (χ4n) is 3.58. The average Bonchev–Trinajstić information content (AvgIpc) is 2.61. The molecular weight excluding hydrogens is 350 g/mol. The summed E-state index contributed by atoms with van der Waals surface area (Å²) in [6.45, 7) is 1.85. The van der Waals surface area contributed by atoms with Crippen molar-refractivity contribution >= 4 is 28.9 Å². The summed E-state index contributed by atoms with van der Waals surface area (Å²) in [5.74, 6) is 0.817. The van der Waals surface area contributed by atoms with Crippen LogP contribution in [0.1, 0.15) is 18.5 Å². The van der Waals surface area contributed by atoms with E-state index in [-0.39, 0.29) is 11.9 Å². The number of nitrogens with one attached hydrogen (secondary N) is 3. The van der Waals surface area contributed by atoms with E-state index >= 15 is 0 Å². The molecule has 0 aliphatic carbocycles. The van der Waals surface area contributed by atoms with Crippen molar-refractivity contribution in [2.75, 3.05) is 12.4 Å². The van der Waals surface area contributed by atoms with Gasteiger partial charge in [-0.25, -0.2) is 0 Å². The summed E-state index contributed by atoms with van der Waals surface area (Å²) in [5.41, 5.74) is 0.681. The van der Waals surface area contributed by atoms with E-state index in [1.807, 2.05) is 31.2 Å². The summed E-state index contributed by atoms with van der Waals surface area (Å²) in [6, 6.07) is 14.6. The van der Waals surface area contributed by atoms with E-state index in [4.69, 9.17) is 21.7 Å². The highest BCUT2D eigenvalue weighted by molar-refractivity contribution is 7.80. The zero-order chi connectivity index (χ0) is 18.3. The molecule has 2 bridgehead atoms. The molecule has 0 aromatic heterocycles. The second-order valence-electron chi connectivity index (χ2n) is 6.52. The molecule has 1 amide bonds. The van der Waals surface area contributed by atoms with Crippen LogP contribution in [-0.4, -0.2) is 23.9 Å². The van der Waals surface area contributed by atoms with Gasteiger partial charge in [0.15, 0.2) is 10.8 Å². The monoisotopic (exact) mass is 369 g/mol. The van der Waals surface area contributed by atoms with Gasteiger partial charge in [0.25, 0.3) is 0 Å². The molecule has 134 valence electrons. The van der Waals surface area contributed by atoms with E-state index in [2.05, 4.69) is 16.0 Å². The number of anilines is 1. The topological polar surface area (TPSA) is 71.6 Å². The molecule has 0 unspecified atom stereocenters. The number of thiocarbonyl (C=S) groups is 1. The van der Waals surface area contributed by atoms with E-state index < -0.39 is 11.6 Å². The average molecular weight is 369 g/mol. The Balaban J connectivity index is 1.66. The van der Waals surface area contributed by atoms with Crippen LogP contribution in [-0.2, 0) is 4.79 Å². The Morgan fingerprint density at radius 1 is 1.23 bits per heavy atom. The third-order valence-electron chi connectivity index (χ3n) is 4.79. The summed E-state index contributed by atoms with van der Waals surface area (Å²) in [4.78, 5) is 13.1. The number of carbonyl (C=O) groups is 1. The molecule has 0 spiro atoms. The maximum Gasteiger partial charge on any atom is 0.236 e. The predicted octanol–water partition coefficient (Wildman–Crippen LogP) is 2.58. The van der Waals surface area contributed by atoms with Crippen LogP contribution in [0.2, 0.25) is 0 Å². The Morgan fingerprint density at radius 3 is 2.69 bits per heavy atom. The van der Waals surface area contributed by atoms with Gasteiger partial charge in [-0.3, -0.25) is 4.79 Å². The molecule has 1 saturated heterocycles. The van der Waals surface area contributed by atoms with Crippen LogP contribution in [0.15, 0.2) is 48.5 Å². The number of rotatable bonds is 3. The van der Waals surface area contributed by atoms with E-state index in [1.165, 1.54) is 0 Å². The Labute approximate surface area is 156 Å². The molecule has 0 saturated carbocycles. The van der Waals surface area contributed by atoms with Crippen molar-refractivity contribution in [1.82, 2.24) is 10.6 Å². The van der Waals surface area contributed by atoms with Gasteiger partial charge < -0.3 is 25.4 Å². The quantitative estimate of drug-likeness (QED) is 0.723. The van der Waals surface area contributed by atoms with Gasteiger partial charge in [-0.1, -0.05) is 18.2 Å². The maximum absolute atomic E-state index is 13.1. The summed E-state index contributed by atoms with van der Waals surface area (Å²) < 4.78 is 11.3. The highest BCUT2D eigenvalue weighted by Crippen LogP contribution is 2.44. The number of carbonyl (C=O) groups excluding carboxylic acids is 1. The second kappa shape index (κ2) is 6.17. The van der Waals surface area contributed by atoms with Gasteiger partial charge in [0.2, 0.25) is 5.91 Å². The normalized spacial score (nSPS) is 25.8. The van der Waals surface area contributed by atoms with Crippen molar-refractivity contribution in [3.05, 3.63) is 54.1 Å². The lowest BCUT2D eigenvalue weighted by atomic mass is 9.80. The number of para-hydroxylation sites is 1. The van der Waals surface area contributed by atoms with Gasteiger partial charge >= 0.3 is 0 Å². The Bertz CT molecular complexity index is 871. The SMILES string of the molecule is COc1ccc(NC(=O)[C@H]2[C@H]3NC(=S)N[C@@]2(C)Oc2ccccc23)cc1. The first-order chi connectivity index (χ1) is 12.5. The molecule has 0 radical (unpaired) electrons. The van der Waals surface area contributed by atoms with Gasteiger partial charge in [-0.2, -0.15) is 0 Å². The number of ether oxygens (including phenoxy) is 2. The van der Waals surface area contributed by atoms with E-state index in [9.17, 15) is 4.79 Å². The molecule has 4 rings (SSSR count). The van der Waals surface area contributed by atoms with Crippen molar-refractivity contribution in [3.63, 3.8) is 0 Å². The maximum atomic E-state index is 13.1. The first-order valence-electron chi connectivity index (χ1n) is 8.32. The third-order valence-corrected chi connectivity index (χ3v) is 5.01. The Morgan fingerprint density at radius 2 is 1.96 bits per heavy atom. The molecule has 2 aromatic rings. The van der Waals surface area contributed by atoms with Gasteiger partial charge in [-0.05, 0) is 49.5 Å². The van der Waals surface area contributed by atoms with E-state index in [1.54, 1.807) is 31.4 Å². The number of methoxy groups -OCH3 is 1. The van der Waals surface area contributed by atoms with Crippen LogP contribution in [0.25, 0.3) is 0 Å². The molecule has 2 aliphatic heterocycles. The van der Waals surface area contributed by atoms with Crippen molar-refractivity contribution in [2.24, 2.45) is 5.92 Å². The van der Waals surface area contributed by atoms with Gasteiger partial charge in [0.05, 0.1) is 13.2 Å². The number of fused-ring (bicyclic) bond motifs is 4. The summed E-state index contributed by atoms with van der Waals surface area (Å²) >= 11 is 5.31. The minimum Gasteiger partial charge on any atom is -0.497 e. The third kappa shape index (κ3) is 2.74. The van der Waals surface area contributed by atoms with Crippen molar-refractivity contribution in [3.8, 4) is 11.5 Å². The number of benzene rings is 2. The minimum atomic E-state index is -0.933. The van der Waals surface area contributed by atoms with Crippen LogP contribution in [0.5, 0.6) is 11.5 Å². The molecule has 26 heavy (non-hydrogen) atoms. The molecule has 7 heteroatoms. The first-order valence-corrected chi connectivity index (χ1v) is 8.72. The van der Waals surface area contributed by atoms with Crippen molar-refractivity contribution in [1.29, 1.82) is 0 Å². The van der Waals surface area contributed by atoms with Crippen LogP contribution >= 0.6 is 12.2 Å². The molecule has 3 N–H and O–H groups in total. The van der Waals surface area contributed by atoms with E-state index in [0.717, 1.165) is 17.1 Å². The van der Waals surface area contributed by atoms with E-state index in [0.29, 0.717) is 10.8 Å². The van der Waals surface area contributed by atoms with Crippen LogP contribution in [0, 0.1) is 5.92 Å². The predicted molar refractivity (Wildman–Crippen MR) is 102 cm³/mol. The zero-order valence-corrected chi connectivity index (χ0v) is 15.2. The van der Waals surface area contributed by atoms with Gasteiger partial charge in [0, 0.05) is 11.3 Å². The van der Waals surface area contributed by atoms with Gasteiger partial charge in [0.1, 0.15) is 17.4 Å². The van der Waals surface area contributed by atoms with Crippen LogP contribution in [0.3, 0.4) is 0 Å². The van der Waals surface area contributed by atoms with Crippen LogP contribution in [0.4, 0.5) is 5.69 Å². The lowest BCUT2D eigenvalue weighted by molar-refractivity contribution is -0.132. The lowest BCUT2D eigenvalue weighted by Crippen LogP contribution is -2.70. The lowest BCUT2D eigenvalue weighted by Gasteiger charge is -2.50. The summed E-state index contributed by atoms with van der Waals surface area (Å²) in [7, 11) is 1.60. The number of amides is 1. The van der Waals surface area contributed by atoms with Gasteiger partial charge in [-0.15, -0.1) is 0 Å². The largest absolute Gasteiger partial charge is 0.497 e. The van der Waals surface area contributed by atoms with Crippen molar-refractivity contribution in [2.45, 2.75) is 18.7 Å². The number of hydrogen-bond acceptors (Lipinski definition) is 4. The highest BCUT2D eigenvalue weighted by Gasteiger charge is 2.54. The first kappa shape index (κ1) is 16.7. The molecule has 1 fully saturated rings. The van der Waals surface area contributed by atoms with Crippen molar-refractivity contribution < 1.29 is 14.3 Å². The Kier molecular flexibility index (Phi) is 3.96. The molecule has 2 heterocycles. The molecule has 2 aromatic carbocycles. The summed E-state index contributed by atoms with van der Waals surface area (Å²) in [5, 5.41) is 9.78. The fraction of sp³-hybridized carbons (Fsp3) is 0.263. The Hall–Kier alpha value is -2.80. The molecule has 2 aliphatic rings. The zero-order valence-electron chi connectivity index (χ0n) is 14.4. The fourth-order valence-corrected chi connectivity index (χ4v) is 3.91. The standard InChI is InChI=1S/C19H19N3O3S/c1-19-15(17(23)20-11-7-9-12(24-2)10-8-11)16(21-18(26)22-19)13-5-3-4-6-14(13)25-19/h3-10,15-16H,1-2H3,(H,20,23)(H2,21,22,26)/t15-,16+,19+/m1/s1.